The van der Waals surface area contributed by atoms with Crippen LogP contribution < -0.4 is 0 Å². The van der Waals surface area contributed by atoms with E-state index in [2.05, 4.69) is 12.1 Å². The highest BCUT2D eigenvalue weighted by Crippen LogP contribution is 2.60. The van der Waals surface area contributed by atoms with E-state index in [-0.39, 0.29) is 17.5 Å². The predicted molar refractivity (Wildman–Crippen MR) is 79.0 cm³/mol. The molecule has 5 rings (SSSR count). The summed E-state index contributed by atoms with van der Waals surface area (Å²) in [5.41, 5.74) is 2.21. The lowest BCUT2D eigenvalue weighted by molar-refractivity contribution is -0.106. The molecule has 1 aromatic carbocycles. The Morgan fingerprint density at radius 3 is 2.33 bits per heavy atom. The molecular weight excluding hydrogens is 264 g/mol. The fourth-order valence-corrected chi connectivity index (χ4v) is 5.43. The standard InChI is InChI=1S/C18H22O3/c1-21-17(20)12-2-4-15(5-3-12)18-8-11-6-13(9-18)16(19)14(7-11)10-18/h2-5,11,13-14,16,19H,6-10H2,1H3/t11?,13-,14+,16?,18?. The van der Waals surface area contributed by atoms with E-state index >= 15 is 0 Å². The first-order chi connectivity index (χ1) is 10.1. The van der Waals surface area contributed by atoms with Crippen LogP contribution in [0.1, 0.15) is 48.0 Å². The Kier molecular flexibility index (Phi) is 2.90. The molecular formula is C18H22O3. The van der Waals surface area contributed by atoms with Crippen molar-refractivity contribution in [2.75, 3.05) is 7.11 Å². The van der Waals surface area contributed by atoms with Crippen LogP contribution in [-0.4, -0.2) is 24.3 Å². The molecule has 21 heavy (non-hydrogen) atoms. The van der Waals surface area contributed by atoms with Gasteiger partial charge in [0.15, 0.2) is 0 Å². The van der Waals surface area contributed by atoms with Crippen LogP contribution in [0.2, 0.25) is 0 Å². The van der Waals surface area contributed by atoms with E-state index in [1.54, 1.807) is 0 Å². The highest BCUT2D eigenvalue weighted by Gasteiger charge is 2.55. The third-order valence-electron chi connectivity index (χ3n) is 6.14. The molecule has 0 saturated heterocycles. The van der Waals surface area contributed by atoms with Crippen LogP contribution in [0, 0.1) is 17.8 Å². The fraction of sp³-hybridized carbons (Fsp3) is 0.611. The first kappa shape index (κ1) is 13.3. The first-order valence-electron chi connectivity index (χ1n) is 7.98. The monoisotopic (exact) mass is 286 g/mol. The van der Waals surface area contributed by atoms with Gasteiger partial charge in [0, 0.05) is 0 Å². The van der Waals surface area contributed by atoms with Gasteiger partial charge in [-0.1, -0.05) is 12.1 Å². The van der Waals surface area contributed by atoms with Crippen molar-refractivity contribution in [2.24, 2.45) is 17.8 Å². The zero-order valence-corrected chi connectivity index (χ0v) is 12.4. The van der Waals surface area contributed by atoms with Crippen molar-refractivity contribution in [3.63, 3.8) is 0 Å². The number of carbonyl (C=O) groups is 1. The average Bonchev–Trinajstić information content (AvgIpc) is 2.51. The minimum atomic E-state index is -0.275. The van der Waals surface area contributed by atoms with E-state index < -0.39 is 0 Å². The molecule has 0 aliphatic heterocycles. The first-order valence-corrected chi connectivity index (χ1v) is 7.98. The molecule has 3 heteroatoms. The van der Waals surface area contributed by atoms with Crippen molar-refractivity contribution in [3.05, 3.63) is 35.4 Å². The normalized spacial score (nSPS) is 40.3. The molecule has 0 heterocycles. The number of esters is 1. The molecule has 3 unspecified atom stereocenters. The number of hydrogen-bond acceptors (Lipinski definition) is 3. The summed E-state index contributed by atoms with van der Waals surface area (Å²) in [6, 6.07) is 7.98. The largest absolute Gasteiger partial charge is 0.465 e. The van der Waals surface area contributed by atoms with E-state index in [0.29, 0.717) is 17.4 Å². The lowest BCUT2D eigenvalue weighted by atomic mass is 9.47. The van der Waals surface area contributed by atoms with Crippen molar-refractivity contribution in [3.8, 4) is 0 Å². The minimum Gasteiger partial charge on any atom is -0.465 e. The summed E-state index contributed by atoms with van der Waals surface area (Å²) in [6.07, 6.45) is 5.81. The Morgan fingerprint density at radius 1 is 1.14 bits per heavy atom. The molecule has 4 bridgehead atoms. The molecule has 112 valence electrons. The van der Waals surface area contributed by atoms with Crippen molar-refractivity contribution in [1.29, 1.82) is 0 Å². The second-order valence-corrected chi connectivity index (χ2v) is 7.31. The maximum atomic E-state index is 11.6. The van der Waals surface area contributed by atoms with Crippen molar-refractivity contribution < 1.29 is 14.6 Å². The van der Waals surface area contributed by atoms with Crippen molar-refractivity contribution in [2.45, 2.75) is 43.6 Å². The van der Waals surface area contributed by atoms with E-state index in [9.17, 15) is 9.90 Å². The van der Waals surface area contributed by atoms with Crippen LogP contribution in [0.15, 0.2) is 24.3 Å². The summed E-state index contributed by atoms with van der Waals surface area (Å²) in [7, 11) is 1.41. The van der Waals surface area contributed by atoms with Gasteiger partial charge >= 0.3 is 5.97 Å². The summed E-state index contributed by atoms with van der Waals surface area (Å²) < 4.78 is 4.77. The molecule has 3 nitrogen and oxygen atoms in total. The van der Waals surface area contributed by atoms with Crippen molar-refractivity contribution >= 4 is 5.97 Å². The highest BCUT2D eigenvalue weighted by molar-refractivity contribution is 5.89. The molecule has 1 aromatic rings. The lowest BCUT2D eigenvalue weighted by Crippen LogP contribution is -2.55. The zero-order valence-electron chi connectivity index (χ0n) is 12.4. The maximum absolute atomic E-state index is 11.6. The number of aliphatic hydroxyl groups is 1. The Morgan fingerprint density at radius 2 is 1.76 bits per heavy atom. The molecule has 0 radical (unpaired) electrons. The van der Waals surface area contributed by atoms with E-state index in [1.807, 2.05) is 12.1 Å². The minimum absolute atomic E-state index is 0.0796. The summed E-state index contributed by atoms with van der Waals surface area (Å²) in [4.78, 5) is 11.6. The molecule has 0 aromatic heterocycles. The predicted octanol–water partition coefficient (Wildman–Crippen LogP) is 2.91. The van der Waals surface area contributed by atoms with Gasteiger partial charge in [0.1, 0.15) is 0 Å². The van der Waals surface area contributed by atoms with Gasteiger partial charge < -0.3 is 9.84 Å². The Hall–Kier alpha value is -1.35. The number of aliphatic hydroxyl groups excluding tert-OH is 1. The van der Waals surface area contributed by atoms with Crippen LogP contribution >= 0.6 is 0 Å². The van der Waals surface area contributed by atoms with Gasteiger partial charge in [-0.05, 0) is 73.0 Å². The maximum Gasteiger partial charge on any atom is 0.337 e. The SMILES string of the molecule is COC(=O)c1ccc(C23CC4C[C@H](C2)C(O)[C@@H](C4)C3)cc1. The van der Waals surface area contributed by atoms with E-state index in [1.165, 1.54) is 31.9 Å². The van der Waals surface area contributed by atoms with Gasteiger partial charge in [-0.2, -0.15) is 0 Å². The molecule has 4 saturated carbocycles. The number of ether oxygens (including phenoxy) is 1. The molecule has 4 fully saturated rings. The van der Waals surface area contributed by atoms with E-state index in [0.717, 1.165) is 18.8 Å². The molecule has 0 amide bonds. The van der Waals surface area contributed by atoms with Crippen LogP contribution in [0.5, 0.6) is 0 Å². The average molecular weight is 286 g/mol. The quantitative estimate of drug-likeness (QED) is 0.850. The van der Waals surface area contributed by atoms with Gasteiger partial charge in [0.2, 0.25) is 0 Å². The number of benzene rings is 1. The second-order valence-electron chi connectivity index (χ2n) is 7.31. The third kappa shape index (κ3) is 1.94. The van der Waals surface area contributed by atoms with Gasteiger partial charge in [-0.15, -0.1) is 0 Å². The molecule has 5 atom stereocenters. The van der Waals surface area contributed by atoms with E-state index in [4.69, 9.17) is 4.74 Å². The summed E-state index contributed by atoms with van der Waals surface area (Å²) in [5, 5.41) is 10.4. The van der Waals surface area contributed by atoms with Crippen LogP contribution in [0.4, 0.5) is 0 Å². The van der Waals surface area contributed by atoms with Gasteiger partial charge in [-0.25, -0.2) is 4.79 Å². The number of hydrogen-bond donors (Lipinski definition) is 1. The zero-order chi connectivity index (χ0) is 14.6. The van der Waals surface area contributed by atoms with Crippen LogP contribution in [0.3, 0.4) is 0 Å². The van der Waals surface area contributed by atoms with Gasteiger partial charge in [-0.3, -0.25) is 0 Å². The van der Waals surface area contributed by atoms with Crippen LogP contribution in [-0.2, 0) is 10.2 Å². The van der Waals surface area contributed by atoms with Gasteiger partial charge in [0.05, 0.1) is 18.8 Å². The van der Waals surface area contributed by atoms with Crippen LogP contribution in [0.25, 0.3) is 0 Å². The molecule has 0 spiro atoms. The molecule has 4 aliphatic rings. The van der Waals surface area contributed by atoms with Crippen molar-refractivity contribution in [1.82, 2.24) is 0 Å². The third-order valence-corrected chi connectivity index (χ3v) is 6.14. The number of methoxy groups -OCH3 is 1. The number of carbonyl (C=O) groups excluding carboxylic acids is 1. The summed E-state index contributed by atoms with van der Waals surface area (Å²) in [5.74, 6) is 1.47. The Labute approximate surface area is 125 Å². The Balaban J connectivity index is 1.65. The fourth-order valence-electron chi connectivity index (χ4n) is 5.43. The second kappa shape index (κ2) is 4.57. The summed E-state index contributed by atoms with van der Waals surface area (Å²) >= 11 is 0. The molecule has 4 aliphatic carbocycles. The molecule has 1 N–H and O–H groups in total. The Bertz CT molecular complexity index is 546. The number of rotatable bonds is 2. The smallest absolute Gasteiger partial charge is 0.337 e. The lowest BCUT2D eigenvalue weighted by Gasteiger charge is -2.59. The van der Waals surface area contributed by atoms with Gasteiger partial charge in [0.25, 0.3) is 0 Å². The summed E-state index contributed by atoms with van der Waals surface area (Å²) in [6.45, 7) is 0. The topological polar surface area (TPSA) is 46.5 Å². The highest BCUT2D eigenvalue weighted by atomic mass is 16.5.